The van der Waals surface area contributed by atoms with Crippen LogP contribution in [0.15, 0.2) is 60.8 Å². The van der Waals surface area contributed by atoms with Gasteiger partial charge in [-0.05, 0) is 55.0 Å². The van der Waals surface area contributed by atoms with Gasteiger partial charge in [-0.3, -0.25) is 4.79 Å². The van der Waals surface area contributed by atoms with Gasteiger partial charge in [0, 0.05) is 0 Å². The number of carbonyl (C=O) groups is 1. The number of aromatic nitrogens is 2. The van der Waals surface area contributed by atoms with Crippen molar-refractivity contribution in [2.75, 3.05) is 0 Å². The molecule has 25 heavy (non-hydrogen) atoms. The van der Waals surface area contributed by atoms with Crippen LogP contribution in [0.3, 0.4) is 0 Å². The second-order valence-corrected chi connectivity index (χ2v) is 5.47. The van der Waals surface area contributed by atoms with E-state index in [2.05, 4.69) is 11.2 Å². The fraction of sp³-hybridized carbons (Fsp3) is 0.0500. The Labute approximate surface area is 144 Å². The number of halogens is 1. The number of ketones is 1. The normalized spacial score (nSPS) is 10.8. The van der Waals surface area contributed by atoms with Gasteiger partial charge in [0.15, 0.2) is 5.78 Å². The molecule has 4 nitrogen and oxygen atoms in total. The lowest BCUT2D eigenvalue weighted by Crippen LogP contribution is -2.01. The summed E-state index contributed by atoms with van der Waals surface area (Å²) >= 11 is 0. The maximum atomic E-state index is 13.0. The van der Waals surface area contributed by atoms with Crippen LogP contribution in [0.4, 0.5) is 4.39 Å². The molecule has 1 heterocycles. The highest BCUT2D eigenvalue weighted by molar-refractivity contribution is 6.07. The summed E-state index contributed by atoms with van der Waals surface area (Å²) in [5.41, 5.74) is 3.14. The highest BCUT2D eigenvalue weighted by Gasteiger charge is 2.13. The van der Waals surface area contributed by atoms with E-state index in [1.54, 1.807) is 48.0 Å². The summed E-state index contributed by atoms with van der Waals surface area (Å²) < 4.78 is 14.6. The molecule has 0 aliphatic carbocycles. The van der Waals surface area contributed by atoms with E-state index in [9.17, 15) is 9.18 Å². The molecule has 0 atom stereocenters. The average Bonchev–Trinajstić information content (AvgIpc) is 3.02. The number of carbonyl (C=O) groups excluding carboxylic acids is 1. The summed E-state index contributed by atoms with van der Waals surface area (Å²) in [4.78, 5) is 12.4. The molecule has 0 bridgehead atoms. The zero-order valence-corrected chi connectivity index (χ0v) is 13.5. The largest absolute Gasteiger partial charge is 0.289 e. The summed E-state index contributed by atoms with van der Waals surface area (Å²) in [5, 5.41) is 13.1. The number of nitriles is 1. The topological polar surface area (TPSA) is 58.7 Å². The van der Waals surface area contributed by atoms with Crippen molar-refractivity contribution < 1.29 is 9.18 Å². The van der Waals surface area contributed by atoms with Crippen LogP contribution in [-0.4, -0.2) is 15.6 Å². The third kappa shape index (κ3) is 3.54. The minimum atomic E-state index is -0.326. The van der Waals surface area contributed by atoms with Crippen LogP contribution in [0.2, 0.25) is 0 Å². The first kappa shape index (κ1) is 16.3. The quantitative estimate of drug-likeness (QED) is 0.534. The summed E-state index contributed by atoms with van der Waals surface area (Å²) in [5.74, 6) is -0.513. The van der Waals surface area contributed by atoms with Crippen LogP contribution in [0.5, 0.6) is 0 Å². The molecular weight excluding hydrogens is 317 g/mol. The maximum absolute atomic E-state index is 13.0. The Morgan fingerprint density at radius 3 is 2.72 bits per heavy atom. The van der Waals surface area contributed by atoms with Gasteiger partial charge in [-0.1, -0.05) is 18.2 Å². The molecule has 3 rings (SSSR count). The highest BCUT2D eigenvalue weighted by atomic mass is 19.1. The Morgan fingerprint density at radius 2 is 2.00 bits per heavy atom. The monoisotopic (exact) mass is 331 g/mol. The Hall–Kier alpha value is -3.52. The van der Waals surface area contributed by atoms with Crippen molar-refractivity contribution in [1.29, 1.82) is 5.26 Å². The van der Waals surface area contributed by atoms with E-state index in [1.165, 1.54) is 24.4 Å². The second kappa shape index (κ2) is 6.93. The first-order chi connectivity index (χ1) is 12.1. The molecule has 0 N–H and O–H groups in total. The predicted molar refractivity (Wildman–Crippen MR) is 92.8 cm³/mol. The van der Waals surface area contributed by atoms with Gasteiger partial charge >= 0.3 is 0 Å². The fourth-order valence-electron chi connectivity index (χ4n) is 2.47. The smallest absolute Gasteiger partial charge is 0.189 e. The molecule has 0 aliphatic rings. The van der Waals surface area contributed by atoms with Crippen LogP contribution < -0.4 is 0 Å². The number of hydrogen-bond acceptors (Lipinski definition) is 3. The van der Waals surface area contributed by atoms with Crippen molar-refractivity contribution in [2.24, 2.45) is 0 Å². The molecule has 1 aromatic heterocycles. The minimum Gasteiger partial charge on any atom is -0.289 e. The number of hydrogen-bond donors (Lipinski definition) is 0. The lowest BCUT2D eigenvalue weighted by molar-refractivity contribution is 0.104. The van der Waals surface area contributed by atoms with E-state index in [1.807, 2.05) is 6.07 Å². The molecule has 0 spiro atoms. The summed E-state index contributed by atoms with van der Waals surface area (Å²) in [7, 11) is 0. The summed E-state index contributed by atoms with van der Waals surface area (Å²) in [6.45, 7) is 1.79. The molecule has 0 unspecified atom stereocenters. The van der Waals surface area contributed by atoms with Crippen molar-refractivity contribution >= 4 is 11.9 Å². The molecule has 0 fully saturated rings. The molecule has 2 aromatic carbocycles. The maximum Gasteiger partial charge on any atom is 0.189 e. The zero-order valence-electron chi connectivity index (χ0n) is 13.5. The number of rotatable bonds is 4. The second-order valence-electron chi connectivity index (χ2n) is 5.47. The van der Waals surface area contributed by atoms with Crippen molar-refractivity contribution in [3.05, 3.63) is 89.0 Å². The molecule has 0 saturated heterocycles. The molecule has 0 amide bonds. The molecule has 0 aliphatic heterocycles. The van der Waals surface area contributed by atoms with Gasteiger partial charge in [0.25, 0.3) is 0 Å². The van der Waals surface area contributed by atoms with E-state index in [4.69, 9.17) is 5.26 Å². The van der Waals surface area contributed by atoms with Crippen LogP contribution in [0.1, 0.15) is 27.2 Å². The van der Waals surface area contributed by atoms with Crippen LogP contribution >= 0.6 is 0 Å². The van der Waals surface area contributed by atoms with Crippen LogP contribution in [-0.2, 0) is 0 Å². The minimum absolute atomic E-state index is 0.187. The third-order valence-electron chi connectivity index (χ3n) is 3.79. The Balaban J connectivity index is 1.84. The van der Waals surface area contributed by atoms with Crippen molar-refractivity contribution in [3.63, 3.8) is 0 Å². The molecule has 5 heteroatoms. The van der Waals surface area contributed by atoms with E-state index < -0.39 is 0 Å². The van der Waals surface area contributed by atoms with Gasteiger partial charge in [-0.25, -0.2) is 9.07 Å². The SMILES string of the molecule is Cc1c(C(=O)/C=C/c2cccc(C#N)c2)cnn1-c1ccc(F)cc1. The van der Waals surface area contributed by atoms with Gasteiger partial charge in [-0.15, -0.1) is 0 Å². The zero-order chi connectivity index (χ0) is 17.8. The van der Waals surface area contributed by atoms with Crippen LogP contribution in [0, 0.1) is 24.1 Å². The molecule has 0 saturated carbocycles. The molecule has 0 radical (unpaired) electrons. The highest BCUT2D eigenvalue weighted by Crippen LogP contribution is 2.16. The van der Waals surface area contributed by atoms with Gasteiger partial charge < -0.3 is 0 Å². The van der Waals surface area contributed by atoms with Gasteiger partial charge in [0.05, 0.1) is 34.8 Å². The van der Waals surface area contributed by atoms with Gasteiger partial charge in [0.2, 0.25) is 0 Å². The lowest BCUT2D eigenvalue weighted by atomic mass is 10.1. The van der Waals surface area contributed by atoms with Crippen molar-refractivity contribution in [1.82, 2.24) is 9.78 Å². The van der Waals surface area contributed by atoms with Gasteiger partial charge in [0.1, 0.15) is 5.82 Å². The lowest BCUT2D eigenvalue weighted by Gasteiger charge is -2.04. The number of nitrogens with zero attached hydrogens (tertiary/aromatic N) is 3. The van der Waals surface area contributed by atoms with Crippen LogP contribution in [0.25, 0.3) is 11.8 Å². The molecular formula is C20H14FN3O. The molecule has 122 valence electrons. The average molecular weight is 331 g/mol. The Kier molecular flexibility index (Phi) is 4.53. The summed E-state index contributed by atoms with van der Waals surface area (Å²) in [6.07, 6.45) is 4.62. The number of benzene rings is 2. The first-order valence-electron chi connectivity index (χ1n) is 7.61. The first-order valence-corrected chi connectivity index (χ1v) is 7.61. The van der Waals surface area contributed by atoms with E-state index in [-0.39, 0.29) is 11.6 Å². The molecule has 3 aromatic rings. The van der Waals surface area contributed by atoms with Crippen molar-refractivity contribution in [2.45, 2.75) is 6.92 Å². The van der Waals surface area contributed by atoms with Gasteiger partial charge in [-0.2, -0.15) is 10.4 Å². The third-order valence-corrected chi connectivity index (χ3v) is 3.79. The number of allylic oxidation sites excluding steroid dienone is 1. The van der Waals surface area contributed by atoms with Crippen molar-refractivity contribution in [3.8, 4) is 11.8 Å². The Bertz CT molecular complexity index is 995. The fourth-order valence-corrected chi connectivity index (χ4v) is 2.47. The summed E-state index contributed by atoms with van der Waals surface area (Å²) in [6, 6.07) is 15.0. The predicted octanol–water partition coefficient (Wildman–Crippen LogP) is 4.09. The Morgan fingerprint density at radius 1 is 1.24 bits per heavy atom. The van der Waals surface area contributed by atoms with E-state index in [0.29, 0.717) is 22.5 Å². The standard InChI is InChI=1S/C20H14FN3O/c1-14-19(13-23-24(14)18-8-6-17(21)7-9-18)20(25)10-5-15-3-2-4-16(11-15)12-22/h2-11,13H,1H3/b10-5+. The van der Waals surface area contributed by atoms with E-state index >= 15 is 0 Å². The van der Waals surface area contributed by atoms with E-state index in [0.717, 1.165) is 5.56 Å².